The highest BCUT2D eigenvalue weighted by Gasteiger charge is 2.09. The third kappa shape index (κ3) is 6.99. The Labute approximate surface area is 202 Å². The van der Waals surface area contributed by atoms with Crippen LogP contribution in [0.3, 0.4) is 0 Å². The molecule has 31 heavy (non-hydrogen) atoms. The summed E-state index contributed by atoms with van der Waals surface area (Å²) in [6.45, 7) is 5.61. The Morgan fingerprint density at radius 1 is 1.06 bits per heavy atom. The highest BCUT2D eigenvalue weighted by atomic mass is 127. The van der Waals surface area contributed by atoms with Crippen molar-refractivity contribution in [3.8, 4) is 11.4 Å². The van der Waals surface area contributed by atoms with Crippen LogP contribution in [0.4, 0.5) is 0 Å². The quantitative estimate of drug-likeness (QED) is 0.195. The van der Waals surface area contributed by atoms with Gasteiger partial charge in [0, 0.05) is 25.8 Å². The zero-order valence-corrected chi connectivity index (χ0v) is 21.0. The Morgan fingerprint density at radius 2 is 1.87 bits per heavy atom. The van der Waals surface area contributed by atoms with Crippen LogP contribution in [0.2, 0.25) is 0 Å². The van der Waals surface area contributed by atoms with Gasteiger partial charge in [-0.1, -0.05) is 30.3 Å². The first-order valence-electron chi connectivity index (χ1n) is 10.3. The molecule has 2 aromatic carbocycles. The molecule has 0 radical (unpaired) electrons. The van der Waals surface area contributed by atoms with E-state index in [2.05, 4.69) is 64.0 Å². The molecule has 0 spiro atoms. The lowest BCUT2D eigenvalue weighted by Crippen LogP contribution is -2.37. The Hall–Kier alpha value is -2.55. The summed E-state index contributed by atoms with van der Waals surface area (Å²) in [7, 11) is 3.49. The molecule has 1 heterocycles. The van der Waals surface area contributed by atoms with Gasteiger partial charge in [-0.15, -0.1) is 24.0 Å². The van der Waals surface area contributed by atoms with Crippen LogP contribution in [-0.4, -0.2) is 36.4 Å². The highest BCUT2D eigenvalue weighted by molar-refractivity contribution is 14.0. The number of hydrogen-bond acceptors (Lipinski definition) is 3. The minimum absolute atomic E-state index is 0. The number of halogens is 1. The van der Waals surface area contributed by atoms with Crippen molar-refractivity contribution in [1.29, 1.82) is 0 Å². The zero-order valence-electron chi connectivity index (χ0n) is 18.7. The minimum Gasteiger partial charge on any atom is -0.497 e. The summed E-state index contributed by atoms with van der Waals surface area (Å²) in [5, 5.41) is 11.4. The monoisotopic (exact) mass is 533 g/mol. The van der Waals surface area contributed by atoms with E-state index in [-0.39, 0.29) is 24.0 Å². The molecule has 7 heteroatoms. The van der Waals surface area contributed by atoms with Crippen molar-refractivity contribution in [2.45, 2.75) is 33.2 Å². The van der Waals surface area contributed by atoms with Crippen LogP contribution < -0.4 is 15.4 Å². The molecule has 0 saturated carbocycles. The number of nitrogens with zero attached hydrogens (tertiary/aromatic N) is 3. The van der Waals surface area contributed by atoms with Crippen LogP contribution in [0.25, 0.3) is 5.69 Å². The second-order valence-electron chi connectivity index (χ2n) is 7.28. The van der Waals surface area contributed by atoms with Crippen molar-refractivity contribution in [2.75, 3.05) is 20.7 Å². The van der Waals surface area contributed by atoms with Crippen molar-refractivity contribution < 1.29 is 4.74 Å². The summed E-state index contributed by atoms with van der Waals surface area (Å²) in [5.41, 5.74) is 5.67. The van der Waals surface area contributed by atoms with E-state index in [0.717, 1.165) is 48.2 Å². The van der Waals surface area contributed by atoms with Crippen molar-refractivity contribution in [3.05, 3.63) is 77.1 Å². The number of para-hydroxylation sites is 1. The van der Waals surface area contributed by atoms with Gasteiger partial charge in [0.15, 0.2) is 5.96 Å². The number of guanidine groups is 1. The maximum absolute atomic E-state index is 5.29. The van der Waals surface area contributed by atoms with Gasteiger partial charge in [-0.25, -0.2) is 4.68 Å². The number of nitrogens with one attached hydrogen (secondary N) is 2. The average molecular weight is 533 g/mol. The fourth-order valence-corrected chi connectivity index (χ4v) is 3.47. The number of ether oxygens (including phenoxy) is 1. The smallest absolute Gasteiger partial charge is 0.191 e. The predicted octanol–water partition coefficient (Wildman–Crippen LogP) is 4.41. The largest absolute Gasteiger partial charge is 0.497 e. The fraction of sp³-hybridized carbons (Fsp3) is 0.333. The molecular weight excluding hydrogens is 501 g/mol. The molecule has 0 atom stereocenters. The Bertz CT molecular complexity index is 999. The molecule has 3 aromatic rings. The lowest BCUT2D eigenvalue weighted by molar-refractivity contribution is 0.414. The number of rotatable bonds is 8. The van der Waals surface area contributed by atoms with Crippen LogP contribution >= 0.6 is 24.0 Å². The number of aryl methyl sites for hydroxylation is 3. The van der Waals surface area contributed by atoms with Crippen molar-refractivity contribution in [1.82, 2.24) is 20.4 Å². The molecule has 0 aliphatic heterocycles. The summed E-state index contributed by atoms with van der Waals surface area (Å²) < 4.78 is 7.29. The van der Waals surface area contributed by atoms with Gasteiger partial charge in [-0.2, -0.15) is 5.10 Å². The highest BCUT2D eigenvalue weighted by Crippen LogP contribution is 2.17. The Morgan fingerprint density at radius 3 is 2.58 bits per heavy atom. The number of hydrogen-bond donors (Lipinski definition) is 2. The third-order valence-corrected chi connectivity index (χ3v) is 4.97. The summed E-state index contributed by atoms with van der Waals surface area (Å²) >= 11 is 0. The summed E-state index contributed by atoms with van der Waals surface area (Å²) in [6, 6.07) is 18.6. The maximum Gasteiger partial charge on any atom is 0.191 e. The first kappa shape index (κ1) is 24.7. The van der Waals surface area contributed by atoms with Crippen LogP contribution in [0, 0.1) is 13.8 Å². The van der Waals surface area contributed by atoms with Crippen LogP contribution in [-0.2, 0) is 13.0 Å². The van der Waals surface area contributed by atoms with Gasteiger partial charge in [-0.05, 0) is 62.1 Å². The van der Waals surface area contributed by atoms with Gasteiger partial charge in [-0.3, -0.25) is 4.99 Å². The van der Waals surface area contributed by atoms with Crippen molar-refractivity contribution >= 4 is 29.9 Å². The molecule has 0 bridgehead atoms. The normalized spacial score (nSPS) is 11.0. The summed E-state index contributed by atoms with van der Waals surface area (Å²) in [5.74, 6) is 1.70. The molecule has 6 nitrogen and oxygen atoms in total. The minimum atomic E-state index is 0. The Balaban J connectivity index is 0.00000341. The summed E-state index contributed by atoms with van der Waals surface area (Å²) in [6.07, 6.45) is 2.00. The SMILES string of the molecule is CN=C(NCCCc1cccc(OC)c1)NCc1ccccc1-n1nc(C)cc1C.I. The van der Waals surface area contributed by atoms with E-state index < -0.39 is 0 Å². The van der Waals surface area contributed by atoms with E-state index in [1.54, 1.807) is 14.2 Å². The molecule has 1 aromatic heterocycles. The molecule has 0 aliphatic rings. The van der Waals surface area contributed by atoms with Gasteiger partial charge >= 0.3 is 0 Å². The first-order chi connectivity index (χ1) is 14.6. The lowest BCUT2D eigenvalue weighted by Gasteiger charge is -2.15. The second-order valence-corrected chi connectivity index (χ2v) is 7.28. The van der Waals surface area contributed by atoms with E-state index >= 15 is 0 Å². The van der Waals surface area contributed by atoms with E-state index in [9.17, 15) is 0 Å². The van der Waals surface area contributed by atoms with Crippen molar-refractivity contribution in [3.63, 3.8) is 0 Å². The molecule has 0 unspecified atom stereocenters. The van der Waals surface area contributed by atoms with E-state index in [1.807, 2.05) is 29.8 Å². The standard InChI is InChI=1S/C24H31N5O.HI/c1-18-15-19(2)29(28-18)23-13-6-5-11-21(23)17-27-24(25-3)26-14-8-10-20-9-7-12-22(16-20)30-4;/h5-7,9,11-13,15-16H,8,10,14,17H2,1-4H3,(H2,25,26,27);1H. The fourth-order valence-electron chi connectivity index (χ4n) is 3.47. The molecular formula is C24H32IN5O. The molecule has 0 amide bonds. The number of methoxy groups -OCH3 is 1. The topological polar surface area (TPSA) is 63.5 Å². The van der Waals surface area contributed by atoms with Crippen LogP contribution in [0.1, 0.15) is 28.9 Å². The van der Waals surface area contributed by atoms with Gasteiger partial charge in [0.2, 0.25) is 0 Å². The van der Waals surface area contributed by atoms with Gasteiger partial charge in [0.05, 0.1) is 18.5 Å². The predicted molar refractivity (Wildman–Crippen MR) is 138 cm³/mol. The van der Waals surface area contributed by atoms with Crippen molar-refractivity contribution in [2.24, 2.45) is 4.99 Å². The van der Waals surface area contributed by atoms with E-state index in [1.165, 1.54) is 11.1 Å². The van der Waals surface area contributed by atoms with Crippen LogP contribution in [0.15, 0.2) is 59.6 Å². The molecule has 3 rings (SSSR count). The number of aromatic nitrogens is 2. The maximum atomic E-state index is 5.29. The Kier molecular flexibility index (Phi) is 9.84. The molecule has 0 saturated heterocycles. The lowest BCUT2D eigenvalue weighted by atomic mass is 10.1. The van der Waals surface area contributed by atoms with E-state index in [4.69, 9.17) is 4.74 Å². The molecule has 0 aliphatic carbocycles. The van der Waals surface area contributed by atoms with Crippen LogP contribution in [0.5, 0.6) is 5.75 Å². The van der Waals surface area contributed by atoms with Gasteiger partial charge in [0.25, 0.3) is 0 Å². The third-order valence-electron chi connectivity index (χ3n) is 4.97. The molecule has 2 N–H and O–H groups in total. The summed E-state index contributed by atoms with van der Waals surface area (Å²) in [4.78, 5) is 4.35. The number of benzene rings is 2. The zero-order chi connectivity index (χ0) is 21.3. The van der Waals surface area contributed by atoms with Gasteiger partial charge in [0.1, 0.15) is 5.75 Å². The number of aliphatic imine (C=N–C) groups is 1. The first-order valence-corrected chi connectivity index (χ1v) is 10.3. The van der Waals surface area contributed by atoms with E-state index in [0.29, 0.717) is 6.54 Å². The molecule has 0 fully saturated rings. The van der Waals surface area contributed by atoms with Gasteiger partial charge < -0.3 is 15.4 Å². The second kappa shape index (κ2) is 12.3. The average Bonchev–Trinajstić information content (AvgIpc) is 3.11. The molecule has 166 valence electrons.